The van der Waals surface area contributed by atoms with Crippen LogP contribution in [-0.4, -0.2) is 20.8 Å². The van der Waals surface area contributed by atoms with Crippen LogP contribution in [0.4, 0.5) is 11.5 Å². The fourth-order valence-electron chi connectivity index (χ4n) is 1.37. The predicted octanol–water partition coefficient (Wildman–Crippen LogP) is 2.29. The Kier molecular flexibility index (Phi) is 3.67. The van der Waals surface area contributed by atoms with Gasteiger partial charge in [-0.2, -0.15) is 0 Å². The summed E-state index contributed by atoms with van der Waals surface area (Å²) in [6.07, 6.45) is 2.43. The number of nitrogens with zero attached hydrogens (tertiary/aromatic N) is 3. The van der Waals surface area contributed by atoms with E-state index in [1.807, 2.05) is 0 Å². The molecule has 0 aliphatic carbocycles. The van der Waals surface area contributed by atoms with Crippen LogP contribution in [0.15, 0.2) is 36.7 Å². The maximum absolute atomic E-state index is 11.9. The van der Waals surface area contributed by atoms with Crippen LogP contribution >= 0.6 is 11.6 Å². The highest BCUT2D eigenvalue weighted by atomic mass is 35.5. The third-order valence-electron chi connectivity index (χ3n) is 2.20. The number of pyridine rings is 2. The maximum atomic E-state index is 11.9. The topological polar surface area (TPSA) is 98.0 Å². The third kappa shape index (κ3) is 3.02. The maximum Gasteiger partial charge on any atom is 0.300 e. The molecule has 1 N–H and O–H groups in total. The van der Waals surface area contributed by atoms with Crippen molar-refractivity contribution in [3.8, 4) is 0 Å². The van der Waals surface area contributed by atoms with Gasteiger partial charge in [-0.15, -0.1) is 0 Å². The smallest absolute Gasteiger partial charge is 0.300 e. The van der Waals surface area contributed by atoms with Crippen LogP contribution in [0.3, 0.4) is 0 Å². The quantitative estimate of drug-likeness (QED) is 0.527. The summed E-state index contributed by atoms with van der Waals surface area (Å²) in [5, 5.41) is 13.3. The summed E-state index contributed by atoms with van der Waals surface area (Å²) < 4.78 is 0. The average Bonchev–Trinajstić information content (AvgIpc) is 2.39. The number of anilines is 1. The summed E-state index contributed by atoms with van der Waals surface area (Å²) in [5.74, 6) is -0.385. The van der Waals surface area contributed by atoms with Crippen molar-refractivity contribution in [1.82, 2.24) is 9.97 Å². The number of carbonyl (C=O) groups is 1. The van der Waals surface area contributed by atoms with Crippen LogP contribution in [0.25, 0.3) is 0 Å². The summed E-state index contributed by atoms with van der Waals surface area (Å²) in [6, 6.07) is 6.06. The van der Waals surface area contributed by atoms with Crippen molar-refractivity contribution in [2.45, 2.75) is 0 Å². The van der Waals surface area contributed by atoms with Crippen molar-refractivity contribution >= 4 is 29.0 Å². The number of hydrogen-bond donors (Lipinski definition) is 1. The van der Waals surface area contributed by atoms with Crippen LogP contribution in [0.1, 0.15) is 10.4 Å². The fraction of sp³-hybridized carbons (Fsp3) is 0. The Bertz CT molecular complexity index is 633. The minimum atomic E-state index is -0.698. The lowest BCUT2D eigenvalue weighted by Crippen LogP contribution is -2.15. The van der Waals surface area contributed by atoms with Crippen LogP contribution in [-0.2, 0) is 0 Å². The molecule has 0 atom stereocenters. The first-order valence-electron chi connectivity index (χ1n) is 5.10. The van der Waals surface area contributed by atoms with E-state index >= 15 is 0 Å². The lowest BCUT2D eigenvalue weighted by atomic mass is 10.2. The third-order valence-corrected chi connectivity index (χ3v) is 2.40. The van der Waals surface area contributed by atoms with Crippen molar-refractivity contribution in [3.63, 3.8) is 0 Å². The molecule has 0 unspecified atom stereocenters. The summed E-state index contributed by atoms with van der Waals surface area (Å²) in [5.41, 5.74) is -0.589. The normalized spacial score (nSPS) is 9.95. The first-order valence-corrected chi connectivity index (χ1v) is 5.48. The van der Waals surface area contributed by atoms with Crippen LogP contribution in [0, 0.1) is 10.1 Å². The van der Waals surface area contributed by atoms with E-state index in [9.17, 15) is 14.9 Å². The van der Waals surface area contributed by atoms with Crippen LogP contribution < -0.4 is 5.32 Å². The molecule has 0 aliphatic rings. The first-order chi connectivity index (χ1) is 9.08. The predicted molar refractivity (Wildman–Crippen MR) is 68.1 cm³/mol. The minimum Gasteiger partial charge on any atom is -0.306 e. The van der Waals surface area contributed by atoms with E-state index in [0.29, 0.717) is 0 Å². The molecule has 0 fully saturated rings. The van der Waals surface area contributed by atoms with E-state index < -0.39 is 16.5 Å². The van der Waals surface area contributed by atoms with Crippen LogP contribution in [0.2, 0.25) is 5.15 Å². The summed E-state index contributed by atoms with van der Waals surface area (Å²) in [7, 11) is 0. The molecule has 0 aliphatic heterocycles. The van der Waals surface area contributed by atoms with E-state index in [1.54, 1.807) is 18.2 Å². The molecule has 0 spiro atoms. The molecule has 2 rings (SSSR count). The van der Waals surface area contributed by atoms with E-state index in [4.69, 9.17) is 11.6 Å². The van der Waals surface area contributed by atoms with Crippen LogP contribution in [0.5, 0.6) is 0 Å². The van der Waals surface area contributed by atoms with Gasteiger partial charge in [-0.1, -0.05) is 17.7 Å². The van der Waals surface area contributed by atoms with Crippen molar-refractivity contribution in [3.05, 3.63) is 57.5 Å². The number of rotatable bonds is 3. The molecule has 8 heteroatoms. The van der Waals surface area contributed by atoms with Gasteiger partial charge in [0.25, 0.3) is 11.6 Å². The van der Waals surface area contributed by atoms with E-state index in [1.165, 1.54) is 6.20 Å². The van der Waals surface area contributed by atoms with Crippen molar-refractivity contribution in [2.24, 2.45) is 0 Å². The van der Waals surface area contributed by atoms with Gasteiger partial charge in [0.05, 0.1) is 4.92 Å². The number of nitro groups is 1. The SMILES string of the molecule is O=C(Nc1ccccn1)c1cc(Cl)ncc1[N+](=O)[O-]. The highest BCUT2D eigenvalue weighted by Crippen LogP contribution is 2.21. The molecule has 7 nitrogen and oxygen atoms in total. The van der Waals surface area contributed by atoms with Gasteiger partial charge in [0.15, 0.2) is 0 Å². The molecule has 1 amide bonds. The second kappa shape index (κ2) is 5.40. The summed E-state index contributed by atoms with van der Waals surface area (Å²) >= 11 is 5.64. The first kappa shape index (κ1) is 12.9. The zero-order valence-electron chi connectivity index (χ0n) is 9.41. The minimum absolute atomic E-state index is 0.00299. The Morgan fingerprint density at radius 3 is 2.79 bits per heavy atom. The molecule has 19 heavy (non-hydrogen) atoms. The number of nitrogens with one attached hydrogen (secondary N) is 1. The Morgan fingerprint density at radius 1 is 1.37 bits per heavy atom. The number of carbonyl (C=O) groups excluding carboxylic acids is 1. The van der Waals surface area contributed by atoms with Gasteiger partial charge in [-0.3, -0.25) is 14.9 Å². The molecule has 2 aromatic heterocycles. The molecule has 2 aromatic rings. The van der Waals surface area contributed by atoms with Gasteiger partial charge in [0.1, 0.15) is 22.7 Å². The molecule has 96 valence electrons. The van der Waals surface area contributed by atoms with E-state index in [2.05, 4.69) is 15.3 Å². The monoisotopic (exact) mass is 278 g/mol. The molecular weight excluding hydrogens is 272 g/mol. The van der Waals surface area contributed by atoms with Crippen molar-refractivity contribution in [2.75, 3.05) is 5.32 Å². The number of aromatic nitrogens is 2. The lowest BCUT2D eigenvalue weighted by molar-refractivity contribution is -0.385. The highest BCUT2D eigenvalue weighted by Gasteiger charge is 2.21. The van der Waals surface area contributed by atoms with Gasteiger partial charge in [-0.25, -0.2) is 9.97 Å². The average molecular weight is 279 g/mol. The second-order valence-electron chi connectivity index (χ2n) is 3.45. The number of amides is 1. The highest BCUT2D eigenvalue weighted by molar-refractivity contribution is 6.30. The summed E-state index contributed by atoms with van der Waals surface area (Å²) in [6.45, 7) is 0. The molecule has 0 saturated carbocycles. The lowest BCUT2D eigenvalue weighted by Gasteiger charge is -2.04. The Labute approximate surface area is 112 Å². The van der Waals surface area contributed by atoms with Crippen molar-refractivity contribution in [1.29, 1.82) is 0 Å². The van der Waals surface area contributed by atoms with Gasteiger partial charge >= 0.3 is 0 Å². The zero-order valence-corrected chi connectivity index (χ0v) is 10.2. The molecular formula is C11H7ClN4O3. The Hall–Kier alpha value is -2.54. The molecule has 0 radical (unpaired) electrons. The van der Waals surface area contributed by atoms with E-state index in [-0.39, 0.29) is 16.5 Å². The van der Waals surface area contributed by atoms with E-state index in [0.717, 1.165) is 12.3 Å². The molecule has 0 bridgehead atoms. The standard InChI is InChI=1S/C11H7ClN4O3/c12-9-5-7(8(6-14-9)16(18)19)11(17)15-10-3-1-2-4-13-10/h1-6H,(H,13,15,17). The largest absolute Gasteiger partial charge is 0.306 e. The Morgan fingerprint density at radius 2 is 2.16 bits per heavy atom. The fourth-order valence-corrected chi connectivity index (χ4v) is 1.53. The molecule has 0 aromatic carbocycles. The second-order valence-corrected chi connectivity index (χ2v) is 3.84. The Balaban J connectivity index is 2.33. The van der Waals surface area contributed by atoms with Gasteiger partial charge < -0.3 is 5.32 Å². The zero-order chi connectivity index (χ0) is 13.8. The number of halogens is 1. The molecule has 0 saturated heterocycles. The van der Waals surface area contributed by atoms with Gasteiger partial charge in [0.2, 0.25) is 0 Å². The van der Waals surface area contributed by atoms with Gasteiger partial charge in [-0.05, 0) is 18.2 Å². The van der Waals surface area contributed by atoms with Crippen molar-refractivity contribution < 1.29 is 9.72 Å². The van der Waals surface area contributed by atoms with Gasteiger partial charge in [0, 0.05) is 6.20 Å². The number of hydrogen-bond acceptors (Lipinski definition) is 5. The molecule has 2 heterocycles. The summed E-state index contributed by atoms with van der Waals surface area (Å²) in [4.78, 5) is 29.5.